The molecule has 0 saturated carbocycles. The Balaban J connectivity index is 1.79. The molecule has 0 unspecified atom stereocenters. The lowest BCUT2D eigenvalue weighted by molar-refractivity contribution is -0.136. The van der Waals surface area contributed by atoms with Crippen molar-refractivity contribution in [1.82, 2.24) is 25.7 Å². The van der Waals surface area contributed by atoms with Crippen LogP contribution in [0, 0.1) is 12.7 Å². The van der Waals surface area contributed by atoms with Gasteiger partial charge in [0.1, 0.15) is 11.9 Å². The van der Waals surface area contributed by atoms with Crippen molar-refractivity contribution in [2.75, 3.05) is 26.2 Å². The number of benzene rings is 1. The lowest BCUT2D eigenvalue weighted by Gasteiger charge is -2.27. The molecule has 2 amide bonds. The van der Waals surface area contributed by atoms with E-state index in [1.807, 2.05) is 0 Å². The van der Waals surface area contributed by atoms with Gasteiger partial charge in [0, 0.05) is 25.6 Å². The minimum Gasteiger partial charge on any atom is -0.340 e. The first kappa shape index (κ1) is 17.0. The van der Waals surface area contributed by atoms with Crippen LogP contribution < -0.4 is 10.6 Å². The number of hydrogen-bond donors (Lipinski definition) is 2. The van der Waals surface area contributed by atoms with Crippen LogP contribution in [0.25, 0.3) is 0 Å². The van der Waals surface area contributed by atoms with Crippen molar-refractivity contribution in [3.63, 3.8) is 0 Å². The first-order valence-corrected chi connectivity index (χ1v) is 7.87. The van der Waals surface area contributed by atoms with Crippen molar-refractivity contribution in [2.45, 2.75) is 13.0 Å². The SMILES string of the molecule is Cc1nc([C@@H](NC(=O)CN2CCNCC2=O)c2ccccc2F)no1. The minimum atomic E-state index is -0.899. The maximum Gasteiger partial charge on any atom is 0.240 e. The van der Waals surface area contributed by atoms with Crippen LogP contribution in [-0.2, 0) is 9.59 Å². The van der Waals surface area contributed by atoms with E-state index < -0.39 is 17.8 Å². The Kier molecular flexibility index (Phi) is 5.03. The molecule has 25 heavy (non-hydrogen) atoms. The number of aryl methyl sites for hydroxylation is 1. The van der Waals surface area contributed by atoms with Gasteiger partial charge in [0.05, 0.1) is 13.1 Å². The molecule has 132 valence electrons. The summed E-state index contributed by atoms with van der Waals surface area (Å²) < 4.78 is 19.1. The van der Waals surface area contributed by atoms with Gasteiger partial charge in [-0.3, -0.25) is 9.59 Å². The minimum absolute atomic E-state index is 0.109. The Bertz CT molecular complexity index is 779. The number of rotatable bonds is 5. The third-order valence-corrected chi connectivity index (χ3v) is 3.84. The van der Waals surface area contributed by atoms with Gasteiger partial charge in [-0.05, 0) is 6.07 Å². The Morgan fingerprint density at radius 3 is 2.96 bits per heavy atom. The topological polar surface area (TPSA) is 100 Å². The molecule has 8 nitrogen and oxygen atoms in total. The van der Waals surface area contributed by atoms with Gasteiger partial charge >= 0.3 is 0 Å². The van der Waals surface area contributed by atoms with E-state index in [-0.39, 0.29) is 30.4 Å². The second-order valence-corrected chi connectivity index (χ2v) is 5.69. The van der Waals surface area contributed by atoms with Gasteiger partial charge < -0.3 is 20.1 Å². The molecule has 1 aromatic heterocycles. The molecule has 1 atom stereocenters. The third-order valence-electron chi connectivity index (χ3n) is 3.84. The van der Waals surface area contributed by atoms with Crippen molar-refractivity contribution in [1.29, 1.82) is 0 Å². The van der Waals surface area contributed by atoms with Gasteiger partial charge in [0.2, 0.25) is 17.7 Å². The maximum absolute atomic E-state index is 14.2. The van der Waals surface area contributed by atoms with Crippen LogP contribution in [0.15, 0.2) is 28.8 Å². The number of carbonyl (C=O) groups is 2. The Morgan fingerprint density at radius 1 is 1.48 bits per heavy atom. The number of aromatic nitrogens is 2. The van der Waals surface area contributed by atoms with Gasteiger partial charge in [0.15, 0.2) is 5.82 Å². The molecule has 2 N–H and O–H groups in total. The quantitative estimate of drug-likeness (QED) is 0.799. The highest BCUT2D eigenvalue weighted by molar-refractivity contribution is 5.86. The van der Waals surface area contributed by atoms with Gasteiger partial charge in [-0.25, -0.2) is 4.39 Å². The third kappa shape index (κ3) is 4.00. The number of carbonyl (C=O) groups excluding carboxylic acids is 2. The molecule has 1 saturated heterocycles. The van der Waals surface area contributed by atoms with Crippen molar-refractivity contribution >= 4 is 11.8 Å². The lowest BCUT2D eigenvalue weighted by Crippen LogP contribution is -2.51. The predicted octanol–water partition coefficient (Wildman–Crippen LogP) is 0.155. The molecule has 1 aromatic carbocycles. The van der Waals surface area contributed by atoms with E-state index in [0.717, 1.165) is 0 Å². The van der Waals surface area contributed by atoms with E-state index in [0.29, 0.717) is 19.0 Å². The zero-order valence-corrected chi connectivity index (χ0v) is 13.7. The Morgan fingerprint density at radius 2 is 2.28 bits per heavy atom. The van der Waals surface area contributed by atoms with Gasteiger partial charge in [-0.1, -0.05) is 23.4 Å². The number of piperazine rings is 1. The van der Waals surface area contributed by atoms with Gasteiger partial charge in [-0.15, -0.1) is 0 Å². The molecule has 0 bridgehead atoms. The standard InChI is InChI=1S/C16H18FN5O3/c1-10-19-16(21-25-10)15(11-4-2-3-5-12(11)17)20-13(23)9-22-7-6-18-8-14(22)24/h2-5,15,18H,6-9H2,1H3,(H,20,23)/t15-/m0/s1. The summed E-state index contributed by atoms with van der Waals surface area (Å²) in [5, 5.41) is 9.42. The molecular weight excluding hydrogens is 329 g/mol. The second kappa shape index (κ2) is 7.39. The van der Waals surface area contributed by atoms with E-state index >= 15 is 0 Å². The fraction of sp³-hybridized carbons (Fsp3) is 0.375. The first-order chi connectivity index (χ1) is 12.0. The number of hydrogen-bond acceptors (Lipinski definition) is 6. The molecule has 1 fully saturated rings. The molecule has 2 aromatic rings. The van der Waals surface area contributed by atoms with Crippen LogP contribution in [-0.4, -0.2) is 53.0 Å². The largest absolute Gasteiger partial charge is 0.340 e. The first-order valence-electron chi connectivity index (χ1n) is 7.87. The smallest absolute Gasteiger partial charge is 0.240 e. The van der Waals surface area contributed by atoms with Gasteiger partial charge in [0.25, 0.3) is 0 Å². The van der Waals surface area contributed by atoms with Crippen LogP contribution >= 0.6 is 0 Å². The molecule has 0 radical (unpaired) electrons. The van der Waals surface area contributed by atoms with Gasteiger partial charge in [-0.2, -0.15) is 4.98 Å². The highest BCUT2D eigenvalue weighted by Crippen LogP contribution is 2.22. The highest BCUT2D eigenvalue weighted by Gasteiger charge is 2.27. The zero-order valence-electron chi connectivity index (χ0n) is 13.7. The Hall–Kier alpha value is -2.81. The zero-order chi connectivity index (χ0) is 17.8. The van der Waals surface area contributed by atoms with Crippen molar-refractivity contribution in [2.24, 2.45) is 0 Å². The van der Waals surface area contributed by atoms with E-state index in [1.165, 1.54) is 11.0 Å². The molecule has 0 aliphatic carbocycles. The molecule has 1 aliphatic heterocycles. The maximum atomic E-state index is 14.2. The van der Waals surface area contributed by atoms with Crippen molar-refractivity contribution < 1.29 is 18.5 Å². The number of nitrogens with zero attached hydrogens (tertiary/aromatic N) is 3. The van der Waals surface area contributed by atoms with Crippen LogP contribution in [0.1, 0.15) is 23.3 Å². The second-order valence-electron chi connectivity index (χ2n) is 5.69. The molecule has 2 heterocycles. The van der Waals surface area contributed by atoms with E-state index in [4.69, 9.17) is 4.52 Å². The van der Waals surface area contributed by atoms with Crippen LogP contribution in [0.5, 0.6) is 0 Å². The summed E-state index contributed by atoms with van der Waals surface area (Å²) in [6, 6.07) is 5.15. The molecule has 1 aliphatic rings. The summed E-state index contributed by atoms with van der Waals surface area (Å²) >= 11 is 0. The number of halogens is 1. The van der Waals surface area contributed by atoms with E-state index in [1.54, 1.807) is 25.1 Å². The number of amides is 2. The summed E-state index contributed by atoms with van der Waals surface area (Å²) in [5.74, 6) is -0.607. The molecule has 9 heteroatoms. The fourth-order valence-corrected chi connectivity index (χ4v) is 2.62. The lowest BCUT2D eigenvalue weighted by atomic mass is 10.1. The highest BCUT2D eigenvalue weighted by atomic mass is 19.1. The van der Waals surface area contributed by atoms with Crippen LogP contribution in [0.4, 0.5) is 4.39 Å². The van der Waals surface area contributed by atoms with Crippen LogP contribution in [0.2, 0.25) is 0 Å². The summed E-state index contributed by atoms with van der Waals surface area (Å²) in [6.07, 6.45) is 0. The average Bonchev–Trinajstić information content (AvgIpc) is 3.02. The van der Waals surface area contributed by atoms with Crippen LogP contribution in [0.3, 0.4) is 0 Å². The van der Waals surface area contributed by atoms with Crippen molar-refractivity contribution in [3.8, 4) is 0 Å². The average molecular weight is 347 g/mol. The van der Waals surface area contributed by atoms with E-state index in [9.17, 15) is 14.0 Å². The molecule has 3 rings (SSSR count). The summed E-state index contributed by atoms with van der Waals surface area (Å²) in [5.41, 5.74) is 0.225. The summed E-state index contributed by atoms with van der Waals surface area (Å²) in [7, 11) is 0. The van der Waals surface area contributed by atoms with Crippen molar-refractivity contribution in [3.05, 3.63) is 47.4 Å². The normalized spacial score (nSPS) is 15.9. The predicted molar refractivity (Wildman–Crippen MR) is 84.9 cm³/mol. The molecular formula is C16H18FN5O3. The number of nitrogens with one attached hydrogen (secondary N) is 2. The fourth-order valence-electron chi connectivity index (χ4n) is 2.62. The Labute approximate surface area is 143 Å². The monoisotopic (exact) mass is 347 g/mol. The summed E-state index contributed by atoms with van der Waals surface area (Å²) in [6.45, 7) is 2.77. The van der Waals surface area contributed by atoms with E-state index in [2.05, 4.69) is 20.8 Å². The molecule has 0 spiro atoms. The summed E-state index contributed by atoms with van der Waals surface area (Å²) in [4.78, 5) is 29.7.